The SMILES string of the molecule is CCOC(=O)c1ccc(NC(=O)Nc2ccc(OC(C)C)cc2)cc1. The molecule has 0 heterocycles. The lowest BCUT2D eigenvalue weighted by Gasteiger charge is -2.11. The number of esters is 1. The van der Waals surface area contributed by atoms with E-state index in [1.165, 1.54) is 0 Å². The van der Waals surface area contributed by atoms with Gasteiger partial charge in [0.05, 0.1) is 18.3 Å². The number of carbonyl (C=O) groups excluding carboxylic acids is 2. The Morgan fingerprint density at radius 2 is 1.44 bits per heavy atom. The zero-order valence-corrected chi connectivity index (χ0v) is 14.5. The average molecular weight is 342 g/mol. The van der Waals surface area contributed by atoms with E-state index in [4.69, 9.17) is 9.47 Å². The third-order valence-electron chi connectivity index (χ3n) is 3.14. The minimum Gasteiger partial charge on any atom is -0.491 e. The molecule has 0 atom stereocenters. The van der Waals surface area contributed by atoms with Crippen LogP contribution < -0.4 is 15.4 Å². The molecule has 25 heavy (non-hydrogen) atoms. The van der Waals surface area contributed by atoms with Crippen LogP contribution in [0.5, 0.6) is 5.75 Å². The molecule has 2 N–H and O–H groups in total. The highest BCUT2D eigenvalue weighted by Crippen LogP contribution is 2.17. The van der Waals surface area contributed by atoms with Gasteiger partial charge in [0, 0.05) is 11.4 Å². The van der Waals surface area contributed by atoms with Gasteiger partial charge in [-0.3, -0.25) is 0 Å². The van der Waals surface area contributed by atoms with Gasteiger partial charge in [0.15, 0.2) is 0 Å². The van der Waals surface area contributed by atoms with Crippen LogP contribution >= 0.6 is 0 Å². The normalized spacial score (nSPS) is 10.2. The summed E-state index contributed by atoms with van der Waals surface area (Å²) in [5.41, 5.74) is 1.66. The predicted molar refractivity (Wildman–Crippen MR) is 97.2 cm³/mol. The predicted octanol–water partition coefficient (Wildman–Crippen LogP) is 4.29. The van der Waals surface area contributed by atoms with Crippen LogP contribution in [0.15, 0.2) is 48.5 Å². The first kappa shape index (κ1) is 18.3. The maximum absolute atomic E-state index is 12.0. The van der Waals surface area contributed by atoms with Crippen molar-refractivity contribution in [2.24, 2.45) is 0 Å². The number of benzene rings is 2. The number of hydrogen-bond acceptors (Lipinski definition) is 4. The second-order valence-electron chi connectivity index (χ2n) is 5.57. The zero-order valence-electron chi connectivity index (χ0n) is 14.5. The van der Waals surface area contributed by atoms with Gasteiger partial charge in [0.1, 0.15) is 5.75 Å². The largest absolute Gasteiger partial charge is 0.491 e. The molecule has 6 heteroatoms. The maximum Gasteiger partial charge on any atom is 0.338 e. The minimum atomic E-state index is -0.387. The molecule has 0 bridgehead atoms. The first-order chi connectivity index (χ1) is 12.0. The van der Waals surface area contributed by atoms with Gasteiger partial charge in [-0.05, 0) is 69.3 Å². The minimum absolute atomic E-state index is 0.0969. The van der Waals surface area contributed by atoms with Crippen molar-refractivity contribution >= 4 is 23.4 Å². The third-order valence-corrected chi connectivity index (χ3v) is 3.14. The van der Waals surface area contributed by atoms with Gasteiger partial charge in [0.2, 0.25) is 0 Å². The molecule has 2 amide bonds. The van der Waals surface area contributed by atoms with Crippen molar-refractivity contribution in [2.45, 2.75) is 26.9 Å². The number of urea groups is 1. The molecule has 6 nitrogen and oxygen atoms in total. The van der Waals surface area contributed by atoms with Gasteiger partial charge in [-0.2, -0.15) is 0 Å². The molecule has 0 aliphatic carbocycles. The average Bonchev–Trinajstić information content (AvgIpc) is 2.57. The number of hydrogen-bond donors (Lipinski definition) is 2. The van der Waals surface area contributed by atoms with Crippen molar-refractivity contribution in [1.29, 1.82) is 0 Å². The van der Waals surface area contributed by atoms with Crippen molar-refractivity contribution in [1.82, 2.24) is 0 Å². The molecule has 2 aromatic carbocycles. The van der Waals surface area contributed by atoms with Gasteiger partial charge in [0.25, 0.3) is 0 Å². The first-order valence-electron chi connectivity index (χ1n) is 8.10. The highest BCUT2D eigenvalue weighted by atomic mass is 16.5. The fourth-order valence-electron chi connectivity index (χ4n) is 2.09. The van der Waals surface area contributed by atoms with Crippen LogP contribution in [0.1, 0.15) is 31.1 Å². The maximum atomic E-state index is 12.0. The first-order valence-corrected chi connectivity index (χ1v) is 8.10. The number of anilines is 2. The van der Waals surface area contributed by atoms with E-state index < -0.39 is 0 Å². The van der Waals surface area contributed by atoms with E-state index in [1.807, 2.05) is 13.8 Å². The molecule has 0 aliphatic heterocycles. The van der Waals surface area contributed by atoms with Crippen LogP contribution in [0.25, 0.3) is 0 Å². The summed E-state index contributed by atoms with van der Waals surface area (Å²) in [7, 11) is 0. The Kier molecular flexibility index (Phi) is 6.39. The van der Waals surface area contributed by atoms with Gasteiger partial charge in [-0.25, -0.2) is 9.59 Å². The molecule has 0 saturated heterocycles. The van der Waals surface area contributed by atoms with E-state index in [1.54, 1.807) is 55.5 Å². The second kappa shape index (κ2) is 8.73. The van der Waals surface area contributed by atoms with E-state index >= 15 is 0 Å². The third kappa shape index (κ3) is 5.84. The van der Waals surface area contributed by atoms with Gasteiger partial charge >= 0.3 is 12.0 Å². The summed E-state index contributed by atoms with van der Waals surface area (Å²) >= 11 is 0. The molecular weight excluding hydrogens is 320 g/mol. The quantitative estimate of drug-likeness (QED) is 0.768. The van der Waals surface area contributed by atoms with E-state index in [9.17, 15) is 9.59 Å². The van der Waals surface area contributed by atoms with Crippen LogP contribution in [0.4, 0.5) is 16.2 Å². The fourth-order valence-corrected chi connectivity index (χ4v) is 2.09. The molecule has 132 valence electrons. The standard InChI is InChI=1S/C19H22N2O4/c1-4-24-18(22)14-5-7-15(8-6-14)20-19(23)21-16-9-11-17(12-10-16)25-13(2)3/h5-13H,4H2,1-3H3,(H2,20,21,23). The number of nitrogens with one attached hydrogen (secondary N) is 2. The lowest BCUT2D eigenvalue weighted by atomic mass is 10.2. The van der Waals surface area contributed by atoms with E-state index in [0.717, 1.165) is 5.75 Å². The van der Waals surface area contributed by atoms with Crippen molar-refractivity contribution in [3.05, 3.63) is 54.1 Å². The molecule has 0 aliphatic rings. The van der Waals surface area contributed by atoms with Gasteiger partial charge in [-0.1, -0.05) is 0 Å². The van der Waals surface area contributed by atoms with Crippen LogP contribution in [0.2, 0.25) is 0 Å². The fraction of sp³-hybridized carbons (Fsp3) is 0.263. The zero-order chi connectivity index (χ0) is 18.2. The second-order valence-corrected chi connectivity index (χ2v) is 5.57. The molecule has 0 fully saturated rings. The van der Waals surface area contributed by atoms with Gasteiger partial charge in [-0.15, -0.1) is 0 Å². The van der Waals surface area contributed by atoms with Crippen molar-refractivity contribution in [3.63, 3.8) is 0 Å². The Hall–Kier alpha value is -3.02. The summed E-state index contributed by atoms with van der Waals surface area (Å²) in [6.07, 6.45) is 0.0969. The summed E-state index contributed by atoms with van der Waals surface area (Å²) < 4.78 is 10.5. The summed E-state index contributed by atoms with van der Waals surface area (Å²) in [5, 5.41) is 5.43. The van der Waals surface area contributed by atoms with Crippen molar-refractivity contribution in [2.75, 3.05) is 17.2 Å². The van der Waals surface area contributed by atoms with Crippen LogP contribution in [0, 0.1) is 0 Å². The van der Waals surface area contributed by atoms with E-state index in [-0.39, 0.29) is 18.1 Å². The molecular formula is C19H22N2O4. The Labute approximate surface area is 147 Å². The molecule has 0 radical (unpaired) electrons. The number of amides is 2. The number of carbonyl (C=O) groups is 2. The molecule has 0 aromatic heterocycles. The Bertz CT molecular complexity index is 709. The number of rotatable bonds is 6. The summed E-state index contributed by atoms with van der Waals surface area (Å²) in [6, 6.07) is 13.2. The lowest BCUT2D eigenvalue weighted by Crippen LogP contribution is -2.19. The van der Waals surface area contributed by atoms with Crippen molar-refractivity contribution in [3.8, 4) is 5.75 Å². The monoisotopic (exact) mass is 342 g/mol. The number of ether oxygens (including phenoxy) is 2. The topological polar surface area (TPSA) is 76.7 Å². The molecule has 0 saturated carbocycles. The Morgan fingerprint density at radius 3 is 1.92 bits per heavy atom. The summed E-state index contributed by atoms with van der Waals surface area (Å²) in [5.74, 6) is 0.359. The Morgan fingerprint density at radius 1 is 0.920 bits per heavy atom. The lowest BCUT2D eigenvalue weighted by molar-refractivity contribution is 0.0526. The molecule has 2 aromatic rings. The smallest absolute Gasteiger partial charge is 0.338 e. The summed E-state index contributed by atoms with van der Waals surface area (Å²) in [6.45, 7) is 5.97. The van der Waals surface area contributed by atoms with E-state index in [2.05, 4.69) is 10.6 Å². The molecule has 0 spiro atoms. The van der Waals surface area contributed by atoms with Crippen molar-refractivity contribution < 1.29 is 19.1 Å². The van der Waals surface area contributed by atoms with Crippen LogP contribution in [0.3, 0.4) is 0 Å². The summed E-state index contributed by atoms with van der Waals surface area (Å²) in [4.78, 5) is 23.6. The van der Waals surface area contributed by atoms with E-state index in [0.29, 0.717) is 23.5 Å². The Balaban J connectivity index is 1.90. The molecule has 0 unspecified atom stereocenters. The molecule has 2 rings (SSSR count). The highest BCUT2D eigenvalue weighted by Gasteiger charge is 2.07. The van der Waals surface area contributed by atoms with Gasteiger partial charge < -0.3 is 20.1 Å². The highest BCUT2D eigenvalue weighted by molar-refractivity contribution is 6.00. The van der Waals surface area contributed by atoms with Crippen LogP contribution in [-0.4, -0.2) is 24.7 Å². The van der Waals surface area contributed by atoms with Crippen LogP contribution in [-0.2, 0) is 4.74 Å².